The maximum atomic E-state index is 13.0. The lowest BCUT2D eigenvalue weighted by Crippen LogP contribution is -2.53. The molecule has 3 saturated heterocycles. The van der Waals surface area contributed by atoms with Crippen molar-refractivity contribution in [1.82, 2.24) is 9.80 Å². The van der Waals surface area contributed by atoms with Crippen LogP contribution in [0.3, 0.4) is 0 Å². The monoisotopic (exact) mass is 388 g/mol. The Morgan fingerprint density at radius 2 is 1.82 bits per heavy atom. The van der Waals surface area contributed by atoms with E-state index >= 15 is 0 Å². The summed E-state index contributed by atoms with van der Waals surface area (Å²) in [6.07, 6.45) is 5.71. The summed E-state index contributed by atoms with van der Waals surface area (Å²) >= 11 is 0. The molecule has 0 N–H and O–H groups in total. The first-order valence-electron chi connectivity index (χ1n) is 10.7. The second-order valence-corrected chi connectivity index (χ2v) is 8.01. The molecule has 6 nitrogen and oxygen atoms in total. The van der Waals surface area contributed by atoms with Crippen LogP contribution >= 0.6 is 0 Å². The minimum absolute atomic E-state index is 0.00212. The zero-order valence-corrected chi connectivity index (χ0v) is 16.7. The third-order valence-electron chi connectivity index (χ3n) is 5.99. The first kappa shape index (κ1) is 19.7. The lowest BCUT2D eigenvalue weighted by Gasteiger charge is -2.38. The number of hydrogen-bond donors (Lipinski definition) is 0. The van der Waals surface area contributed by atoms with Gasteiger partial charge in [-0.2, -0.15) is 0 Å². The number of morpholine rings is 1. The normalized spacial score (nSPS) is 26.4. The average Bonchev–Trinajstić information content (AvgIpc) is 3.27. The van der Waals surface area contributed by atoms with Crippen molar-refractivity contribution in [2.75, 3.05) is 46.1 Å². The molecule has 0 bridgehead atoms. The number of amides is 1. The minimum atomic E-state index is 0.00212. The third-order valence-corrected chi connectivity index (χ3v) is 5.99. The highest BCUT2D eigenvalue weighted by atomic mass is 16.5. The van der Waals surface area contributed by atoms with Crippen molar-refractivity contribution in [1.29, 1.82) is 0 Å². The van der Waals surface area contributed by atoms with Crippen molar-refractivity contribution in [3.05, 3.63) is 29.8 Å². The largest absolute Gasteiger partial charge is 0.491 e. The molecule has 0 aromatic heterocycles. The molecule has 1 aromatic rings. The van der Waals surface area contributed by atoms with E-state index in [0.29, 0.717) is 19.8 Å². The maximum absolute atomic E-state index is 13.0. The molecule has 3 aliphatic rings. The standard InChI is InChI=1S/C22H32N2O4/c25-22(23-11-14-26-15-12-23)21-5-1-2-10-24(21)16-18-6-8-19(9-7-18)28-17-20-4-3-13-27-20/h6-9,20-21H,1-5,10-17H2/t20-,21+/m0/s1. The summed E-state index contributed by atoms with van der Waals surface area (Å²) in [5.74, 6) is 1.17. The van der Waals surface area contributed by atoms with Crippen molar-refractivity contribution in [3.63, 3.8) is 0 Å². The van der Waals surface area contributed by atoms with Crippen LogP contribution in [-0.4, -0.2) is 73.9 Å². The predicted molar refractivity (Wildman–Crippen MR) is 106 cm³/mol. The molecule has 2 atom stereocenters. The van der Waals surface area contributed by atoms with Gasteiger partial charge in [-0.25, -0.2) is 0 Å². The number of rotatable bonds is 6. The van der Waals surface area contributed by atoms with E-state index in [2.05, 4.69) is 17.0 Å². The van der Waals surface area contributed by atoms with E-state index in [1.807, 2.05) is 17.0 Å². The molecule has 0 aliphatic carbocycles. The van der Waals surface area contributed by atoms with Crippen LogP contribution in [0.25, 0.3) is 0 Å². The predicted octanol–water partition coefficient (Wildman–Crippen LogP) is 2.46. The summed E-state index contributed by atoms with van der Waals surface area (Å²) in [6.45, 7) is 6.04. The molecule has 0 saturated carbocycles. The van der Waals surface area contributed by atoms with Gasteiger partial charge in [-0.1, -0.05) is 18.6 Å². The number of likely N-dealkylation sites (tertiary alicyclic amines) is 1. The summed E-state index contributed by atoms with van der Waals surface area (Å²) in [5, 5.41) is 0. The van der Waals surface area contributed by atoms with E-state index in [0.717, 1.165) is 70.6 Å². The van der Waals surface area contributed by atoms with E-state index in [1.54, 1.807) is 0 Å². The van der Waals surface area contributed by atoms with E-state index in [1.165, 1.54) is 5.56 Å². The van der Waals surface area contributed by atoms with Crippen LogP contribution in [0, 0.1) is 0 Å². The third kappa shape index (κ3) is 5.04. The molecule has 0 spiro atoms. The van der Waals surface area contributed by atoms with E-state index < -0.39 is 0 Å². The molecule has 6 heteroatoms. The summed E-state index contributed by atoms with van der Waals surface area (Å²) < 4.78 is 16.9. The van der Waals surface area contributed by atoms with Gasteiger partial charge in [-0.15, -0.1) is 0 Å². The number of carbonyl (C=O) groups excluding carboxylic acids is 1. The molecule has 1 aromatic carbocycles. The second kappa shape index (κ2) is 9.72. The second-order valence-electron chi connectivity index (χ2n) is 8.01. The van der Waals surface area contributed by atoms with Crippen LogP contribution in [0.4, 0.5) is 0 Å². The minimum Gasteiger partial charge on any atom is -0.491 e. The first-order chi connectivity index (χ1) is 13.8. The van der Waals surface area contributed by atoms with Crippen LogP contribution in [0.2, 0.25) is 0 Å². The van der Waals surface area contributed by atoms with Gasteiger partial charge in [-0.05, 0) is 49.9 Å². The molecule has 28 heavy (non-hydrogen) atoms. The number of benzene rings is 1. The van der Waals surface area contributed by atoms with Crippen molar-refractivity contribution in [2.24, 2.45) is 0 Å². The van der Waals surface area contributed by atoms with Crippen molar-refractivity contribution in [2.45, 2.75) is 50.8 Å². The molecule has 4 rings (SSSR count). The van der Waals surface area contributed by atoms with Crippen LogP contribution in [0.1, 0.15) is 37.7 Å². The Kier molecular flexibility index (Phi) is 6.83. The highest BCUT2D eigenvalue weighted by molar-refractivity contribution is 5.82. The molecule has 3 fully saturated rings. The Labute approximate surface area is 167 Å². The van der Waals surface area contributed by atoms with E-state index in [4.69, 9.17) is 14.2 Å². The average molecular weight is 389 g/mol. The highest BCUT2D eigenvalue weighted by Gasteiger charge is 2.32. The van der Waals surface area contributed by atoms with Crippen molar-refractivity contribution in [3.8, 4) is 5.75 Å². The van der Waals surface area contributed by atoms with Gasteiger partial charge in [0, 0.05) is 26.2 Å². The van der Waals surface area contributed by atoms with Crippen LogP contribution < -0.4 is 4.74 Å². The lowest BCUT2D eigenvalue weighted by molar-refractivity contribution is -0.142. The van der Waals surface area contributed by atoms with Gasteiger partial charge in [-0.3, -0.25) is 9.69 Å². The molecule has 154 valence electrons. The number of carbonyl (C=O) groups is 1. The Hall–Kier alpha value is -1.63. The Morgan fingerprint density at radius 3 is 2.57 bits per heavy atom. The van der Waals surface area contributed by atoms with E-state index in [-0.39, 0.29) is 18.1 Å². The summed E-state index contributed by atoms with van der Waals surface area (Å²) in [4.78, 5) is 17.3. The van der Waals surface area contributed by atoms with Crippen molar-refractivity contribution < 1.29 is 19.0 Å². The SMILES string of the molecule is O=C([C@H]1CCCCN1Cc1ccc(OC[C@@H]2CCCO2)cc1)N1CCOCC1. The zero-order valence-electron chi connectivity index (χ0n) is 16.7. The molecular formula is C22H32N2O4. The molecule has 3 heterocycles. The number of ether oxygens (including phenoxy) is 3. The topological polar surface area (TPSA) is 51.2 Å². The van der Waals surface area contributed by atoms with Gasteiger partial charge < -0.3 is 19.1 Å². The van der Waals surface area contributed by atoms with Crippen LogP contribution in [-0.2, 0) is 20.8 Å². The Bertz CT molecular complexity index is 624. The Morgan fingerprint density at radius 1 is 1.00 bits per heavy atom. The highest BCUT2D eigenvalue weighted by Crippen LogP contribution is 2.23. The fourth-order valence-corrected chi connectivity index (χ4v) is 4.34. The molecular weight excluding hydrogens is 356 g/mol. The van der Waals surface area contributed by atoms with E-state index in [9.17, 15) is 4.79 Å². The number of nitrogens with zero attached hydrogens (tertiary/aromatic N) is 2. The Balaban J connectivity index is 1.32. The smallest absolute Gasteiger partial charge is 0.240 e. The van der Waals surface area contributed by atoms with Gasteiger partial charge in [0.2, 0.25) is 5.91 Å². The fourth-order valence-electron chi connectivity index (χ4n) is 4.34. The molecule has 1 amide bonds. The number of hydrogen-bond acceptors (Lipinski definition) is 5. The summed E-state index contributed by atoms with van der Waals surface area (Å²) in [6, 6.07) is 8.31. The van der Waals surface area contributed by atoms with Gasteiger partial charge >= 0.3 is 0 Å². The summed E-state index contributed by atoms with van der Waals surface area (Å²) in [5.41, 5.74) is 1.23. The zero-order chi connectivity index (χ0) is 19.2. The first-order valence-corrected chi connectivity index (χ1v) is 10.7. The molecule has 0 radical (unpaired) electrons. The van der Waals surface area contributed by atoms with Gasteiger partial charge in [0.1, 0.15) is 12.4 Å². The molecule has 3 aliphatic heterocycles. The van der Waals surface area contributed by atoms with Gasteiger partial charge in [0.25, 0.3) is 0 Å². The lowest BCUT2D eigenvalue weighted by atomic mass is 9.99. The van der Waals surface area contributed by atoms with Gasteiger partial charge in [0.05, 0.1) is 25.4 Å². The van der Waals surface area contributed by atoms with Gasteiger partial charge in [0.15, 0.2) is 0 Å². The fraction of sp³-hybridized carbons (Fsp3) is 0.682. The van der Waals surface area contributed by atoms with Crippen LogP contribution in [0.15, 0.2) is 24.3 Å². The maximum Gasteiger partial charge on any atom is 0.240 e. The number of piperidine rings is 1. The summed E-state index contributed by atoms with van der Waals surface area (Å²) in [7, 11) is 0. The van der Waals surface area contributed by atoms with Crippen molar-refractivity contribution >= 4 is 5.91 Å². The quantitative estimate of drug-likeness (QED) is 0.749. The van der Waals surface area contributed by atoms with Crippen LogP contribution in [0.5, 0.6) is 5.75 Å². The molecule has 0 unspecified atom stereocenters.